The Morgan fingerprint density at radius 2 is 2.06 bits per heavy atom. The average molecular weight is 477 g/mol. The molecule has 2 aliphatic heterocycles. The summed E-state index contributed by atoms with van der Waals surface area (Å²) >= 11 is 0. The minimum Gasteiger partial charge on any atom is -0.389 e. The van der Waals surface area contributed by atoms with Crippen LogP contribution in [0.3, 0.4) is 0 Å². The maximum atomic E-state index is 11.2. The molecule has 1 saturated heterocycles. The van der Waals surface area contributed by atoms with Gasteiger partial charge in [0.25, 0.3) is 0 Å². The molecule has 4 N–H and O–H groups in total. The Bertz CT molecular complexity index is 1080. The fourth-order valence-electron chi connectivity index (χ4n) is 5.20. The number of nitrogens with zero attached hydrogens (tertiary/aromatic N) is 4. The van der Waals surface area contributed by atoms with E-state index in [2.05, 4.69) is 25.9 Å². The van der Waals surface area contributed by atoms with E-state index in [1.165, 1.54) is 6.92 Å². The lowest BCUT2D eigenvalue weighted by Crippen LogP contribution is -2.48. The second kappa shape index (κ2) is 8.44. The number of carbonyl (C=O) groups is 1. The predicted octanol–water partition coefficient (Wildman–Crippen LogP) is 3.19. The number of fused-ring (bicyclic) bond motifs is 1. The summed E-state index contributed by atoms with van der Waals surface area (Å²) in [5.74, 6) is 1.25. The molecule has 0 bridgehead atoms. The lowest BCUT2D eigenvalue weighted by Gasteiger charge is -2.42. The fraction of sp³-hybridized carbons (Fsp3) is 0.636. The summed E-state index contributed by atoms with van der Waals surface area (Å²) in [6.07, 6.45) is 7.53. The van der Waals surface area contributed by atoms with Crippen molar-refractivity contribution in [3.63, 3.8) is 0 Å². The van der Waals surface area contributed by atoms with Crippen LogP contribution < -0.4 is 10.6 Å². The van der Waals surface area contributed by atoms with Crippen molar-refractivity contribution in [2.45, 2.75) is 64.1 Å². The van der Waals surface area contributed by atoms with Gasteiger partial charge in [0.15, 0.2) is 5.65 Å². The Morgan fingerprint density at radius 1 is 1.30 bits per heavy atom. The highest BCUT2D eigenvalue weighted by atomic mass is 32.3. The maximum absolute atomic E-state index is 11.2. The predicted molar refractivity (Wildman–Crippen MR) is 129 cm³/mol. The highest BCUT2D eigenvalue weighted by molar-refractivity contribution is 8.24. The molecule has 33 heavy (non-hydrogen) atoms. The normalized spacial score (nSPS) is 23.1. The Labute approximate surface area is 194 Å². The van der Waals surface area contributed by atoms with Gasteiger partial charge in [-0.3, -0.25) is 13.9 Å². The standard InChI is InChI=1S/C22H32N6O4S/c1-3-28-21-18(13-25-28)20(26-16-4-6-33(30,31)7-5-16)17(12-24-21)19-10-22(32-27-19)8-15(9-22)11-23-14(2)29/h12-13,15-16,30-31H,3-11H2,1-2H3,(H,23,29)(H,24,26). The van der Waals surface area contributed by atoms with Gasteiger partial charge in [0.1, 0.15) is 5.60 Å². The second-order valence-electron chi connectivity index (χ2n) is 9.57. The highest BCUT2D eigenvalue weighted by Gasteiger charge is 2.51. The molecule has 3 aliphatic rings. The monoisotopic (exact) mass is 476 g/mol. The van der Waals surface area contributed by atoms with Gasteiger partial charge in [0.2, 0.25) is 5.91 Å². The molecular formula is C22H32N6O4S. The van der Waals surface area contributed by atoms with Crippen LogP contribution in [0.1, 0.15) is 51.5 Å². The van der Waals surface area contributed by atoms with Gasteiger partial charge < -0.3 is 15.5 Å². The number of nitrogens with one attached hydrogen (secondary N) is 2. The maximum Gasteiger partial charge on any atom is 0.216 e. The molecule has 10 nitrogen and oxygen atoms in total. The molecular weight excluding hydrogens is 444 g/mol. The van der Waals surface area contributed by atoms with E-state index in [9.17, 15) is 13.9 Å². The molecule has 11 heteroatoms. The molecule has 0 atom stereocenters. The van der Waals surface area contributed by atoms with Crippen molar-refractivity contribution >= 4 is 38.9 Å². The summed E-state index contributed by atoms with van der Waals surface area (Å²) in [4.78, 5) is 21.8. The first-order chi connectivity index (χ1) is 15.8. The number of oxime groups is 1. The van der Waals surface area contributed by atoms with Gasteiger partial charge in [-0.2, -0.15) is 15.7 Å². The van der Waals surface area contributed by atoms with E-state index in [-0.39, 0.29) is 17.6 Å². The van der Waals surface area contributed by atoms with E-state index in [1.807, 2.05) is 24.0 Å². The summed E-state index contributed by atoms with van der Waals surface area (Å²) < 4.78 is 21.9. The Hall–Kier alpha value is -2.37. The number of aryl methyl sites for hydroxylation is 1. The number of carbonyl (C=O) groups excluding carboxylic acids is 1. The lowest BCUT2D eigenvalue weighted by molar-refractivity contribution is -0.123. The number of aromatic nitrogens is 3. The molecule has 1 spiro atoms. The number of amides is 1. The smallest absolute Gasteiger partial charge is 0.216 e. The van der Waals surface area contributed by atoms with Crippen molar-refractivity contribution in [3.8, 4) is 0 Å². The van der Waals surface area contributed by atoms with Crippen molar-refractivity contribution in [1.82, 2.24) is 20.1 Å². The van der Waals surface area contributed by atoms with Gasteiger partial charge in [0.05, 0.1) is 23.0 Å². The van der Waals surface area contributed by atoms with E-state index in [4.69, 9.17) is 4.84 Å². The first-order valence-electron chi connectivity index (χ1n) is 11.6. The second-order valence-corrected chi connectivity index (χ2v) is 12.0. The first-order valence-corrected chi connectivity index (χ1v) is 13.5. The summed E-state index contributed by atoms with van der Waals surface area (Å²) in [5.41, 5.74) is 3.25. The minimum atomic E-state index is -2.44. The third-order valence-corrected chi connectivity index (χ3v) is 8.79. The van der Waals surface area contributed by atoms with Gasteiger partial charge in [-0.25, -0.2) is 9.67 Å². The third kappa shape index (κ3) is 4.41. The molecule has 0 unspecified atom stereocenters. The molecule has 0 aromatic carbocycles. The fourth-order valence-corrected chi connectivity index (χ4v) is 6.73. The van der Waals surface area contributed by atoms with E-state index in [0.29, 0.717) is 43.2 Å². The van der Waals surface area contributed by atoms with Crippen molar-refractivity contribution < 1.29 is 18.7 Å². The van der Waals surface area contributed by atoms with Crippen LogP contribution in [-0.2, 0) is 16.2 Å². The first kappa shape index (κ1) is 22.4. The van der Waals surface area contributed by atoms with E-state index < -0.39 is 10.6 Å². The van der Waals surface area contributed by atoms with Crippen molar-refractivity contribution in [3.05, 3.63) is 18.0 Å². The van der Waals surface area contributed by atoms with E-state index in [1.54, 1.807) is 0 Å². The van der Waals surface area contributed by atoms with Crippen molar-refractivity contribution in [1.29, 1.82) is 0 Å². The van der Waals surface area contributed by atoms with Crippen LogP contribution in [0.25, 0.3) is 11.0 Å². The van der Waals surface area contributed by atoms with Crippen LogP contribution in [0.15, 0.2) is 17.5 Å². The highest BCUT2D eigenvalue weighted by Crippen LogP contribution is 2.48. The molecule has 2 aromatic heterocycles. The zero-order chi connectivity index (χ0) is 23.2. The molecule has 1 amide bonds. The van der Waals surface area contributed by atoms with Crippen molar-refractivity contribution in [2.24, 2.45) is 11.1 Å². The van der Waals surface area contributed by atoms with Gasteiger partial charge in [-0.15, -0.1) is 0 Å². The van der Waals surface area contributed by atoms with Crippen LogP contribution in [0, 0.1) is 5.92 Å². The molecule has 2 fully saturated rings. The molecule has 5 rings (SSSR count). The van der Waals surface area contributed by atoms with Crippen LogP contribution >= 0.6 is 10.6 Å². The van der Waals surface area contributed by atoms with Crippen LogP contribution in [0.5, 0.6) is 0 Å². The zero-order valence-corrected chi connectivity index (χ0v) is 19.9. The quantitative estimate of drug-likeness (QED) is 0.503. The molecule has 2 aromatic rings. The number of pyridine rings is 1. The number of rotatable bonds is 6. The molecule has 1 aliphatic carbocycles. The number of hydrogen-bond acceptors (Lipinski definition) is 8. The molecule has 180 valence electrons. The van der Waals surface area contributed by atoms with Crippen LogP contribution in [0.4, 0.5) is 5.69 Å². The van der Waals surface area contributed by atoms with E-state index >= 15 is 0 Å². The summed E-state index contributed by atoms with van der Waals surface area (Å²) in [6, 6.07) is 0.141. The van der Waals surface area contributed by atoms with Gasteiger partial charge >= 0.3 is 0 Å². The summed E-state index contributed by atoms with van der Waals surface area (Å²) in [6.45, 7) is 4.97. The van der Waals surface area contributed by atoms with Crippen LogP contribution in [-0.4, -0.2) is 65.2 Å². The Balaban J connectivity index is 1.37. The minimum absolute atomic E-state index is 0.00750. The number of anilines is 1. The zero-order valence-electron chi connectivity index (χ0n) is 19.1. The number of hydrogen-bond donors (Lipinski definition) is 4. The lowest BCUT2D eigenvalue weighted by atomic mass is 9.68. The van der Waals surface area contributed by atoms with Crippen LogP contribution in [0.2, 0.25) is 0 Å². The third-order valence-electron chi connectivity index (χ3n) is 7.01. The van der Waals surface area contributed by atoms with E-state index in [0.717, 1.165) is 47.4 Å². The average Bonchev–Trinajstić information content (AvgIpc) is 3.38. The Kier molecular flexibility index (Phi) is 5.74. The van der Waals surface area contributed by atoms with Gasteiger partial charge in [0, 0.05) is 55.7 Å². The van der Waals surface area contributed by atoms with Gasteiger partial charge in [-0.1, -0.05) is 5.16 Å². The molecule has 0 radical (unpaired) electrons. The summed E-state index contributed by atoms with van der Waals surface area (Å²) in [5, 5.41) is 16.4. The largest absolute Gasteiger partial charge is 0.389 e. The van der Waals surface area contributed by atoms with Gasteiger partial charge in [-0.05, 0) is 38.5 Å². The van der Waals surface area contributed by atoms with Crippen molar-refractivity contribution in [2.75, 3.05) is 23.4 Å². The Morgan fingerprint density at radius 3 is 2.76 bits per heavy atom. The SMILES string of the molecule is CCn1ncc2c(NC3CCS(O)(O)CC3)c(C3=NOC4(C3)CC(CNC(C)=O)C4)cnc21. The molecule has 4 heterocycles. The molecule has 1 saturated carbocycles. The topological polar surface area (TPSA) is 134 Å². The summed E-state index contributed by atoms with van der Waals surface area (Å²) in [7, 11) is -2.44.